The SMILES string of the molecule is Fc1ccc(-c2nc(-c3ccc(/C=C/c4ccccc4)cc3)c(Br)s2)cc1. The van der Waals surface area contributed by atoms with Crippen LogP contribution in [0.25, 0.3) is 34.0 Å². The molecule has 0 N–H and O–H groups in total. The molecule has 27 heavy (non-hydrogen) atoms. The second-order valence-electron chi connectivity index (χ2n) is 6.01. The van der Waals surface area contributed by atoms with Gasteiger partial charge < -0.3 is 0 Å². The van der Waals surface area contributed by atoms with Gasteiger partial charge >= 0.3 is 0 Å². The molecule has 1 aromatic heterocycles. The van der Waals surface area contributed by atoms with Crippen LogP contribution in [-0.4, -0.2) is 4.98 Å². The van der Waals surface area contributed by atoms with Crippen molar-refractivity contribution in [1.29, 1.82) is 0 Å². The zero-order valence-corrected chi connectivity index (χ0v) is 16.7. The lowest BCUT2D eigenvalue weighted by molar-refractivity contribution is 0.628. The lowest BCUT2D eigenvalue weighted by atomic mass is 10.1. The topological polar surface area (TPSA) is 12.9 Å². The minimum Gasteiger partial charge on any atom is -0.235 e. The van der Waals surface area contributed by atoms with E-state index in [9.17, 15) is 4.39 Å². The Kier molecular flexibility index (Phi) is 5.28. The maximum atomic E-state index is 13.1. The first-order chi connectivity index (χ1) is 13.2. The quantitative estimate of drug-likeness (QED) is 0.301. The summed E-state index contributed by atoms with van der Waals surface area (Å²) >= 11 is 5.16. The molecule has 0 radical (unpaired) electrons. The summed E-state index contributed by atoms with van der Waals surface area (Å²) in [5.41, 5.74) is 5.16. The molecule has 0 atom stereocenters. The van der Waals surface area contributed by atoms with Crippen LogP contribution in [0.5, 0.6) is 0 Å². The minimum atomic E-state index is -0.242. The zero-order chi connectivity index (χ0) is 18.6. The molecule has 0 aliphatic carbocycles. The van der Waals surface area contributed by atoms with E-state index in [0.717, 1.165) is 31.2 Å². The van der Waals surface area contributed by atoms with Gasteiger partial charge in [0.05, 0.1) is 9.48 Å². The van der Waals surface area contributed by atoms with Gasteiger partial charge in [0, 0.05) is 11.1 Å². The Labute approximate surface area is 170 Å². The number of nitrogens with zero attached hydrogens (tertiary/aromatic N) is 1. The highest BCUT2D eigenvalue weighted by molar-refractivity contribution is 9.11. The molecule has 0 fully saturated rings. The largest absolute Gasteiger partial charge is 0.235 e. The highest BCUT2D eigenvalue weighted by Gasteiger charge is 2.12. The molecule has 1 heterocycles. The smallest absolute Gasteiger partial charge is 0.125 e. The van der Waals surface area contributed by atoms with Crippen molar-refractivity contribution in [2.45, 2.75) is 0 Å². The molecule has 132 valence electrons. The predicted octanol–water partition coefficient (Wildman–Crippen LogP) is 7.55. The van der Waals surface area contributed by atoms with Crippen LogP contribution in [0.15, 0.2) is 82.6 Å². The van der Waals surface area contributed by atoms with E-state index in [2.05, 4.69) is 64.5 Å². The summed E-state index contributed by atoms with van der Waals surface area (Å²) in [6.07, 6.45) is 4.19. The maximum absolute atomic E-state index is 13.1. The lowest BCUT2D eigenvalue weighted by Gasteiger charge is -2.00. The molecule has 0 unspecified atom stereocenters. The van der Waals surface area contributed by atoms with Crippen molar-refractivity contribution in [3.05, 3.63) is 99.6 Å². The van der Waals surface area contributed by atoms with Gasteiger partial charge in [0.2, 0.25) is 0 Å². The summed E-state index contributed by atoms with van der Waals surface area (Å²) < 4.78 is 14.1. The standard InChI is InChI=1S/C23H15BrFNS/c24-22-21(26-23(27-22)19-12-14-20(25)15-13-19)18-10-8-17(9-11-18)7-6-16-4-2-1-3-5-16/h1-15H/b7-6+. The van der Waals surface area contributed by atoms with E-state index in [4.69, 9.17) is 4.98 Å². The normalized spacial score (nSPS) is 11.2. The van der Waals surface area contributed by atoms with Crippen LogP contribution >= 0.6 is 27.3 Å². The first-order valence-corrected chi connectivity index (χ1v) is 10.1. The van der Waals surface area contributed by atoms with E-state index in [0.29, 0.717) is 0 Å². The number of benzene rings is 3. The van der Waals surface area contributed by atoms with Crippen molar-refractivity contribution in [2.75, 3.05) is 0 Å². The summed E-state index contributed by atoms with van der Waals surface area (Å²) in [5, 5.41) is 0.866. The number of rotatable bonds is 4. The van der Waals surface area contributed by atoms with Crippen LogP contribution in [0.4, 0.5) is 4.39 Å². The third kappa shape index (κ3) is 4.24. The third-order valence-corrected chi connectivity index (χ3v) is 5.88. The van der Waals surface area contributed by atoms with Gasteiger partial charge in [-0.05, 0) is 51.3 Å². The van der Waals surface area contributed by atoms with Crippen molar-refractivity contribution in [3.63, 3.8) is 0 Å². The molecule has 0 amide bonds. The van der Waals surface area contributed by atoms with E-state index in [1.807, 2.05) is 18.2 Å². The van der Waals surface area contributed by atoms with Gasteiger partial charge in [-0.3, -0.25) is 0 Å². The average Bonchev–Trinajstić information content (AvgIpc) is 3.10. The van der Waals surface area contributed by atoms with Gasteiger partial charge in [-0.1, -0.05) is 66.7 Å². The van der Waals surface area contributed by atoms with Gasteiger partial charge in [0.25, 0.3) is 0 Å². The minimum absolute atomic E-state index is 0.242. The number of thiazole rings is 1. The van der Waals surface area contributed by atoms with Crippen LogP contribution in [0.2, 0.25) is 0 Å². The first-order valence-electron chi connectivity index (χ1n) is 8.45. The molecule has 3 aromatic carbocycles. The second kappa shape index (κ2) is 7.99. The van der Waals surface area contributed by atoms with E-state index in [-0.39, 0.29) is 5.82 Å². The molecule has 0 bridgehead atoms. The Morgan fingerprint density at radius 2 is 1.33 bits per heavy atom. The van der Waals surface area contributed by atoms with Gasteiger partial charge in [-0.15, -0.1) is 11.3 Å². The molecule has 4 rings (SSSR count). The highest BCUT2D eigenvalue weighted by atomic mass is 79.9. The molecular formula is C23H15BrFNS. The Morgan fingerprint density at radius 3 is 2.00 bits per heavy atom. The van der Waals surface area contributed by atoms with Crippen LogP contribution < -0.4 is 0 Å². The average molecular weight is 436 g/mol. The third-order valence-electron chi connectivity index (χ3n) is 4.13. The molecule has 0 spiro atoms. The van der Waals surface area contributed by atoms with Crippen molar-refractivity contribution in [1.82, 2.24) is 4.98 Å². The highest BCUT2D eigenvalue weighted by Crippen LogP contribution is 2.37. The maximum Gasteiger partial charge on any atom is 0.125 e. The molecule has 4 aromatic rings. The fourth-order valence-corrected chi connectivity index (χ4v) is 4.30. The summed E-state index contributed by atoms with van der Waals surface area (Å²) in [7, 11) is 0. The van der Waals surface area contributed by atoms with Crippen molar-refractivity contribution >= 4 is 39.4 Å². The van der Waals surface area contributed by atoms with Crippen molar-refractivity contribution in [3.8, 4) is 21.8 Å². The van der Waals surface area contributed by atoms with E-state index in [1.165, 1.54) is 17.7 Å². The molecule has 4 heteroatoms. The number of aromatic nitrogens is 1. The van der Waals surface area contributed by atoms with Crippen molar-refractivity contribution in [2.24, 2.45) is 0 Å². The Balaban J connectivity index is 1.57. The zero-order valence-electron chi connectivity index (χ0n) is 14.3. The van der Waals surface area contributed by atoms with Gasteiger partial charge in [0.1, 0.15) is 10.8 Å². The van der Waals surface area contributed by atoms with Crippen LogP contribution in [0.1, 0.15) is 11.1 Å². The Bertz CT molecular complexity index is 1070. The number of hydrogen-bond acceptors (Lipinski definition) is 2. The number of hydrogen-bond donors (Lipinski definition) is 0. The molecule has 1 nitrogen and oxygen atoms in total. The molecular weight excluding hydrogens is 421 g/mol. The van der Waals surface area contributed by atoms with E-state index >= 15 is 0 Å². The predicted molar refractivity (Wildman–Crippen MR) is 116 cm³/mol. The van der Waals surface area contributed by atoms with Crippen LogP contribution in [0.3, 0.4) is 0 Å². The second-order valence-corrected chi connectivity index (χ2v) is 8.33. The molecule has 0 saturated heterocycles. The summed E-state index contributed by atoms with van der Waals surface area (Å²) in [4.78, 5) is 4.73. The van der Waals surface area contributed by atoms with E-state index < -0.39 is 0 Å². The summed E-state index contributed by atoms with van der Waals surface area (Å²) in [6, 6.07) is 24.9. The van der Waals surface area contributed by atoms with E-state index in [1.54, 1.807) is 23.5 Å². The summed E-state index contributed by atoms with van der Waals surface area (Å²) in [5.74, 6) is -0.242. The van der Waals surface area contributed by atoms with Gasteiger partial charge in [0.15, 0.2) is 0 Å². The lowest BCUT2D eigenvalue weighted by Crippen LogP contribution is -1.82. The van der Waals surface area contributed by atoms with Crippen molar-refractivity contribution < 1.29 is 4.39 Å². The first kappa shape index (κ1) is 17.8. The molecule has 0 saturated carbocycles. The monoisotopic (exact) mass is 435 g/mol. The molecule has 0 aliphatic rings. The van der Waals surface area contributed by atoms with Crippen LogP contribution in [-0.2, 0) is 0 Å². The number of halogens is 2. The Morgan fingerprint density at radius 1 is 0.741 bits per heavy atom. The fraction of sp³-hybridized carbons (Fsp3) is 0. The Hall–Kier alpha value is -2.56. The van der Waals surface area contributed by atoms with Gasteiger partial charge in [-0.2, -0.15) is 0 Å². The summed E-state index contributed by atoms with van der Waals surface area (Å²) in [6.45, 7) is 0. The fourth-order valence-electron chi connectivity index (χ4n) is 2.70. The molecule has 0 aliphatic heterocycles. The van der Waals surface area contributed by atoms with Crippen LogP contribution in [0, 0.1) is 5.82 Å². The van der Waals surface area contributed by atoms with Gasteiger partial charge in [-0.25, -0.2) is 9.37 Å².